The molecule has 0 radical (unpaired) electrons. The highest BCUT2D eigenvalue weighted by molar-refractivity contribution is 8.00. The Morgan fingerprint density at radius 3 is 2.60 bits per heavy atom. The second kappa shape index (κ2) is 7.45. The van der Waals surface area contributed by atoms with E-state index in [-0.39, 0.29) is 17.8 Å². The molecule has 1 fully saturated rings. The maximum absolute atomic E-state index is 12.3. The van der Waals surface area contributed by atoms with Crippen LogP contribution in [0, 0.1) is 0 Å². The second-order valence-corrected chi connectivity index (χ2v) is 7.91. The molecule has 1 amide bonds. The second-order valence-electron chi connectivity index (χ2n) is 5.71. The van der Waals surface area contributed by atoms with Crippen LogP contribution >= 0.6 is 23.5 Å². The Hall–Kier alpha value is -0.560. The van der Waals surface area contributed by atoms with E-state index >= 15 is 0 Å². The zero-order chi connectivity index (χ0) is 15.3. The lowest BCUT2D eigenvalue weighted by molar-refractivity contribution is -0.138. The Bertz CT molecular complexity index is 357. The van der Waals surface area contributed by atoms with Crippen LogP contribution in [-0.2, 0) is 9.53 Å². The van der Waals surface area contributed by atoms with Crippen molar-refractivity contribution in [2.45, 2.75) is 50.6 Å². The summed E-state index contributed by atoms with van der Waals surface area (Å²) in [4.78, 5) is 24.9. The fourth-order valence-electron chi connectivity index (χ4n) is 2.00. The number of amides is 1. The zero-order valence-corrected chi connectivity index (χ0v) is 14.1. The van der Waals surface area contributed by atoms with Crippen LogP contribution in [0.3, 0.4) is 0 Å². The van der Waals surface area contributed by atoms with E-state index in [9.17, 15) is 9.59 Å². The predicted molar refractivity (Wildman–Crippen MR) is 83.4 cm³/mol. The smallest absolute Gasteiger partial charge is 0.411 e. The number of hydrogen-bond acceptors (Lipinski definition) is 5. The molecule has 1 heterocycles. The Morgan fingerprint density at radius 1 is 1.45 bits per heavy atom. The molecule has 1 aliphatic heterocycles. The molecule has 20 heavy (non-hydrogen) atoms. The quantitative estimate of drug-likeness (QED) is 0.840. The molecular weight excluding hydrogens is 298 g/mol. The summed E-state index contributed by atoms with van der Waals surface area (Å²) in [5.41, 5.74) is -0.567. The summed E-state index contributed by atoms with van der Waals surface area (Å²) in [6, 6.07) is -0.279. The van der Waals surface area contributed by atoms with Crippen LogP contribution in [0.25, 0.3) is 0 Å². The molecule has 1 aliphatic rings. The molecule has 2 atom stereocenters. The van der Waals surface area contributed by atoms with Gasteiger partial charge in [0.05, 0.1) is 17.8 Å². The van der Waals surface area contributed by atoms with Gasteiger partial charge in [0.2, 0.25) is 0 Å². The Labute approximate surface area is 128 Å². The largest absolute Gasteiger partial charge is 0.481 e. The van der Waals surface area contributed by atoms with E-state index < -0.39 is 17.7 Å². The van der Waals surface area contributed by atoms with Crippen molar-refractivity contribution in [1.29, 1.82) is 0 Å². The summed E-state index contributed by atoms with van der Waals surface area (Å²) in [5.74, 6) is 0.719. The molecule has 0 aliphatic carbocycles. The molecule has 7 heteroatoms. The van der Waals surface area contributed by atoms with E-state index in [1.807, 2.05) is 27.0 Å². The van der Waals surface area contributed by atoms with Crippen LogP contribution in [0.15, 0.2) is 0 Å². The summed E-state index contributed by atoms with van der Waals surface area (Å²) >= 11 is 3.37. The van der Waals surface area contributed by atoms with Crippen LogP contribution in [0.5, 0.6) is 0 Å². The standard InChI is InChI=1S/C13H23NO4S2/c1-13(2,3)18-12(17)14-9(7-11(15)16)8-20-10(14)5-6-19-4/h9-10H,5-8H2,1-4H3,(H,15,16). The van der Waals surface area contributed by atoms with E-state index in [1.165, 1.54) is 0 Å². The number of nitrogens with zero attached hydrogens (tertiary/aromatic N) is 1. The number of aliphatic carboxylic acids is 1. The van der Waals surface area contributed by atoms with Crippen molar-refractivity contribution in [1.82, 2.24) is 4.90 Å². The van der Waals surface area contributed by atoms with Gasteiger partial charge in [-0.2, -0.15) is 11.8 Å². The van der Waals surface area contributed by atoms with Gasteiger partial charge in [0.25, 0.3) is 0 Å². The van der Waals surface area contributed by atoms with Gasteiger partial charge in [-0.05, 0) is 39.2 Å². The third-order valence-corrected chi connectivity index (χ3v) is 4.84. The van der Waals surface area contributed by atoms with Crippen molar-refractivity contribution in [3.05, 3.63) is 0 Å². The number of carboxylic acids is 1. The summed E-state index contributed by atoms with van der Waals surface area (Å²) in [6.45, 7) is 5.45. The molecule has 0 aromatic rings. The normalized spacial score (nSPS) is 22.9. The molecule has 0 aromatic carbocycles. The van der Waals surface area contributed by atoms with E-state index in [1.54, 1.807) is 28.4 Å². The van der Waals surface area contributed by atoms with Crippen LogP contribution in [-0.4, -0.2) is 56.8 Å². The minimum absolute atomic E-state index is 0.0154. The third kappa shape index (κ3) is 5.44. The number of rotatable bonds is 5. The van der Waals surface area contributed by atoms with Gasteiger partial charge < -0.3 is 9.84 Å². The first-order valence-corrected chi connectivity index (χ1v) is 9.02. The van der Waals surface area contributed by atoms with Gasteiger partial charge in [-0.25, -0.2) is 4.79 Å². The Morgan fingerprint density at radius 2 is 2.10 bits per heavy atom. The van der Waals surface area contributed by atoms with Crippen molar-refractivity contribution >= 4 is 35.6 Å². The van der Waals surface area contributed by atoms with E-state index in [0.717, 1.165) is 12.2 Å². The van der Waals surface area contributed by atoms with Gasteiger partial charge in [0.15, 0.2) is 0 Å². The van der Waals surface area contributed by atoms with Crippen molar-refractivity contribution in [3.63, 3.8) is 0 Å². The Kier molecular flexibility index (Phi) is 6.51. The zero-order valence-electron chi connectivity index (χ0n) is 12.4. The maximum atomic E-state index is 12.3. The molecule has 1 N–H and O–H groups in total. The van der Waals surface area contributed by atoms with Crippen LogP contribution < -0.4 is 0 Å². The molecule has 0 saturated carbocycles. The summed E-state index contributed by atoms with van der Waals surface area (Å²) in [5, 5.41) is 8.99. The fraction of sp³-hybridized carbons (Fsp3) is 0.846. The average molecular weight is 321 g/mol. The highest BCUT2D eigenvalue weighted by Crippen LogP contribution is 2.34. The minimum atomic E-state index is -0.880. The van der Waals surface area contributed by atoms with E-state index in [2.05, 4.69) is 0 Å². The first-order valence-electron chi connectivity index (χ1n) is 6.58. The van der Waals surface area contributed by atoms with Crippen LogP contribution in [0.2, 0.25) is 0 Å². The van der Waals surface area contributed by atoms with Gasteiger partial charge in [-0.3, -0.25) is 9.69 Å². The summed E-state index contributed by atoms with van der Waals surface area (Å²) < 4.78 is 5.42. The highest BCUT2D eigenvalue weighted by atomic mass is 32.2. The number of hydrogen-bond donors (Lipinski definition) is 1. The third-order valence-electron chi connectivity index (χ3n) is 2.77. The monoisotopic (exact) mass is 321 g/mol. The SMILES string of the molecule is CSCCC1SCC(CC(=O)O)N1C(=O)OC(C)(C)C. The van der Waals surface area contributed by atoms with Gasteiger partial charge in [0.1, 0.15) is 5.60 Å². The molecule has 2 unspecified atom stereocenters. The Balaban J connectivity index is 2.78. The first kappa shape index (κ1) is 17.5. The molecule has 0 spiro atoms. The summed E-state index contributed by atoms with van der Waals surface area (Å²) in [7, 11) is 0. The lowest BCUT2D eigenvalue weighted by Crippen LogP contribution is -2.45. The van der Waals surface area contributed by atoms with Crippen LogP contribution in [0.1, 0.15) is 33.6 Å². The van der Waals surface area contributed by atoms with E-state index in [0.29, 0.717) is 5.75 Å². The molecule has 116 valence electrons. The number of ether oxygens (including phenoxy) is 1. The lowest BCUT2D eigenvalue weighted by atomic mass is 10.2. The fourth-order valence-corrected chi connectivity index (χ4v) is 4.03. The maximum Gasteiger partial charge on any atom is 0.411 e. The van der Waals surface area contributed by atoms with Crippen LogP contribution in [0.4, 0.5) is 4.79 Å². The van der Waals surface area contributed by atoms with Crippen molar-refractivity contribution in [2.75, 3.05) is 17.8 Å². The van der Waals surface area contributed by atoms with Gasteiger partial charge in [0, 0.05) is 5.75 Å². The highest BCUT2D eigenvalue weighted by Gasteiger charge is 2.40. The predicted octanol–water partition coefficient (Wildman–Crippen LogP) is 2.89. The molecule has 1 saturated heterocycles. The lowest BCUT2D eigenvalue weighted by Gasteiger charge is -2.31. The molecular formula is C13H23NO4S2. The topological polar surface area (TPSA) is 66.8 Å². The molecule has 0 aromatic heterocycles. The molecule has 1 rings (SSSR count). The minimum Gasteiger partial charge on any atom is -0.481 e. The summed E-state index contributed by atoms with van der Waals surface area (Å²) in [6.07, 6.45) is 2.44. The van der Waals surface area contributed by atoms with Gasteiger partial charge >= 0.3 is 12.1 Å². The molecule has 0 bridgehead atoms. The van der Waals surface area contributed by atoms with Crippen molar-refractivity contribution < 1.29 is 19.4 Å². The first-order chi connectivity index (χ1) is 9.24. The van der Waals surface area contributed by atoms with E-state index in [4.69, 9.17) is 9.84 Å². The number of carbonyl (C=O) groups excluding carboxylic acids is 1. The molecule has 5 nitrogen and oxygen atoms in total. The number of carbonyl (C=O) groups is 2. The van der Waals surface area contributed by atoms with Crippen molar-refractivity contribution in [2.24, 2.45) is 0 Å². The van der Waals surface area contributed by atoms with Gasteiger partial charge in [-0.1, -0.05) is 0 Å². The average Bonchev–Trinajstić information content (AvgIpc) is 2.66. The number of thioether (sulfide) groups is 2. The number of carboxylic acid groups (broad SMARTS) is 1. The van der Waals surface area contributed by atoms with Gasteiger partial charge in [-0.15, -0.1) is 11.8 Å². The van der Waals surface area contributed by atoms with Crippen molar-refractivity contribution in [3.8, 4) is 0 Å².